The molecule has 2 fully saturated rings. The number of nitrogens with one attached hydrogen (secondary N) is 2. The zero-order chi connectivity index (χ0) is 23.1. The molecule has 0 radical (unpaired) electrons. The van der Waals surface area contributed by atoms with Crippen LogP contribution in [0, 0.1) is 0 Å². The van der Waals surface area contributed by atoms with Gasteiger partial charge in [0.15, 0.2) is 12.4 Å². The predicted octanol–water partition coefficient (Wildman–Crippen LogP) is 1.74. The average molecular weight is 444 g/mol. The molecule has 0 atom stereocenters. The first kappa shape index (κ1) is 23.4. The molecule has 0 unspecified atom stereocenters. The van der Waals surface area contributed by atoms with Gasteiger partial charge in [-0.25, -0.2) is 4.79 Å². The summed E-state index contributed by atoms with van der Waals surface area (Å²) in [7, 11) is 0. The summed E-state index contributed by atoms with van der Waals surface area (Å²) in [6, 6.07) is 6.55. The number of nitrogens with zero attached hydrogens (tertiary/aromatic N) is 1. The Bertz CT molecular complexity index is 889. The number of aryl methyl sites for hydroxylation is 1. The predicted molar refractivity (Wildman–Crippen MR) is 115 cm³/mol. The van der Waals surface area contributed by atoms with Crippen molar-refractivity contribution in [3.05, 3.63) is 35.4 Å². The first-order valence-corrected chi connectivity index (χ1v) is 11.0. The number of benzene rings is 1. The first-order valence-electron chi connectivity index (χ1n) is 11.0. The molecule has 172 valence electrons. The summed E-state index contributed by atoms with van der Waals surface area (Å²) in [6.45, 7) is 1.61. The summed E-state index contributed by atoms with van der Waals surface area (Å²) in [4.78, 5) is 60.9. The van der Waals surface area contributed by atoms with Crippen LogP contribution in [0.1, 0.15) is 61.4 Å². The Kier molecular flexibility index (Phi) is 7.61. The minimum absolute atomic E-state index is 0.0616. The standard InChI is InChI=1S/C23H29N3O6/c1-16(27)24-13-4-5-17-6-8-18(9-7-17)19(28)15-32-20(29)10-14-26-21(30)23(25-22(26)31)11-2-3-12-23/h6-9H,2-5,10-15H2,1H3,(H,24,27)(H,25,31). The van der Waals surface area contributed by atoms with Gasteiger partial charge in [0.05, 0.1) is 6.42 Å². The number of hydrogen-bond donors (Lipinski definition) is 2. The molecule has 9 heteroatoms. The molecule has 1 aromatic carbocycles. The highest BCUT2D eigenvalue weighted by molar-refractivity contribution is 6.07. The number of carbonyl (C=O) groups excluding carboxylic acids is 5. The van der Waals surface area contributed by atoms with Gasteiger partial charge in [-0.2, -0.15) is 0 Å². The van der Waals surface area contributed by atoms with E-state index in [1.54, 1.807) is 12.1 Å². The number of ether oxygens (including phenoxy) is 1. The number of hydrogen-bond acceptors (Lipinski definition) is 6. The van der Waals surface area contributed by atoms with Crippen LogP contribution in [0.3, 0.4) is 0 Å². The van der Waals surface area contributed by atoms with Gasteiger partial charge in [0.1, 0.15) is 5.54 Å². The van der Waals surface area contributed by atoms with Crippen LogP contribution in [0.25, 0.3) is 0 Å². The van der Waals surface area contributed by atoms with E-state index < -0.39 is 24.1 Å². The van der Waals surface area contributed by atoms with Crippen LogP contribution in [0.2, 0.25) is 0 Å². The Labute approximate surface area is 186 Å². The lowest BCUT2D eigenvalue weighted by molar-refractivity contribution is -0.143. The number of rotatable bonds is 10. The lowest BCUT2D eigenvalue weighted by Gasteiger charge is -2.19. The van der Waals surface area contributed by atoms with Gasteiger partial charge in [0.25, 0.3) is 5.91 Å². The van der Waals surface area contributed by atoms with Crippen LogP contribution in [-0.4, -0.2) is 59.7 Å². The molecule has 32 heavy (non-hydrogen) atoms. The summed E-state index contributed by atoms with van der Waals surface area (Å²) in [6.07, 6.45) is 4.44. The van der Waals surface area contributed by atoms with Crippen molar-refractivity contribution in [3.8, 4) is 0 Å². The van der Waals surface area contributed by atoms with Crippen LogP contribution in [0.15, 0.2) is 24.3 Å². The number of ketones is 1. The van der Waals surface area contributed by atoms with E-state index in [1.807, 2.05) is 12.1 Å². The fourth-order valence-corrected chi connectivity index (χ4v) is 4.12. The van der Waals surface area contributed by atoms with Crippen LogP contribution in [0.5, 0.6) is 0 Å². The zero-order valence-corrected chi connectivity index (χ0v) is 18.3. The molecule has 3 rings (SSSR count). The van der Waals surface area contributed by atoms with Gasteiger partial charge in [-0.05, 0) is 31.2 Å². The smallest absolute Gasteiger partial charge is 0.325 e. The summed E-state index contributed by atoms with van der Waals surface area (Å²) in [5, 5.41) is 5.50. The van der Waals surface area contributed by atoms with Crippen LogP contribution in [-0.2, 0) is 25.5 Å². The molecule has 1 aliphatic carbocycles. The quantitative estimate of drug-likeness (QED) is 0.246. The number of carbonyl (C=O) groups is 5. The van der Waals surface area contributed by atoms with Crippen LogP contribution >= 0.6 is 0 Å². The highest BCUT2D eigenvalue weighted by Gasteiger charge is 2.52. The van der Waals surface area contributed by atoms with E-state index in [1.165, 1.54) is 6.92 Å². The van der Waals surface area contributed by atoms with E-state index in [0.29, 0.717) is 24.9 Å². The second kappa shape index (κ2) is 10.4. The maximum atomic E-state index is 12.6. The molecule has 1 heterocycles. The third-order valence-corrected chi connectivity index (χ3v) is 5.90. The first-order chi connectivity index (χ1) is 15.3. The van der Waals surface area contributed by atoms with Crippen LogP contribution in [0.4, 0.5) is 4.79 Å². The van der Waals surface area contributed by atoms with Gasteiger partial charge in [-0.3, -0.25) is 24.1 Å². The fraction of sp³-hybridized carbons (Fsp3) is 0.522. The molecule has 1 spiro atoms. The van der Waals surface area contributed by atoms with Crippen molar-refractivity contribution in [2.75, 3.05) is 19.7 Å². The van der Waals surface area contributed by atoms with E-state index in [0.717, 1.165) is 36.1 Å². The molecule has 1 aromatic rings. The maximum absolute atomic E-state index is 12.6. The highest BCUT2D eigenvalue weighted by Crippen LogP contribution is 2.35. The monoisotopic (exact) mass is 443 g/mol. The summed E-state index contributed by atoms with van der Waals surface area (Å²) in [5.41, 5.74) is 0.672. The SMILES string of the molecule is CC(=O)NCCCc1ccc(C(=O)COC(=O)CCN2C(=O)NC3(CCCC3)C2=O)cc1. The van der Waals surface area contributed by atoms with Crippen molar-refractivity contribution in [2.24, 2.45) is 0 Å². The molecule has 1 saturated heterocycles. The van der Waals surface area contributed by atoms with Gasteiger partial charge >= 0.3 is 12.0 Å². The molecular weight excluding hydrogens is 414 g/mol. The molecule has 4 amide bonds. The number of Topliss-reactive ketones (excluding diaryl/α,β-unsaturated/α-hetero) is 1. The van der Waals surface area contributed by atoms with E-state index in [9.17, 15) is 24.0 Å². The molecule has 1 aliphatic heterocycles. The lowest BCUT2D eigenvalue weighted by Crippen LogP contribution is -2.44. The summed E-state index contributed by atoms with van der Waals surface area (Å²) < 4.78 is 5.04. The Hall–Kier alpha value is -3.23. The van der Waals surface area contributed by atoms with E-state index >= 15 is 0 Å². The van der Waals surface area contributed by atoms with Gasteiger partial charge in [-0.15, -0.1) is 0 Å². The fourth-order valence-electron chi connectivity index (χ4n) is 4.12. The third kappa shape index (κ3) is 5.72. The number of amides is 4. The number of esters is 1. The minimum Gasteiger partial charge on any atom is -0.457 e. The van der Waals surface area contributed by atoms with Gasteiger partial charge in [-0.1, -0.05) is 37.1 Å². The molecule has 0 aromatic heterocycles. The largest absolute Gasteiger partial charge is 0.457 e. The summed E-state index contributed by atoms with van der Waals surface area (Å²) in [5.74, 6) is -1.31. The van der Waals surface area contributed by atoms with Gasteiger partial charge < -0.3 is 15.4 Å². The molecule has 2 N–H and O–H groups in total. The Morgan fingerprint density at radius 1 is 1.12 bits per heavy atom. The van der Waals surface area contributed by atoms with E-state index in [4.69, 9.17) is 4.74 Å². The second-order valence-corrected chi connectivity index (χ2v) is 8.29. The Balaban J connectivity index is 1.39. The molecule has 9 nitrogen and oxygen atoms in total. The van der Waals surface area contributed by atoms with Crippen molar-refractivity contribution in [1.82, 2.24) is 15.5 Å². The second-order valence-electron chi connectivity index (χ2n) is 8.29. The summed E-state index contributed by atoms with van der Waals surface area (Å²) >= 11 is 0. The molecule has 0 bridgehead atoms. The number of imide groups is 1. The highest BCUT2D eigenvalue weighted by atomic mass is 16.5. The maximum Gasteiger partial charge on any atom is 0.325 e. The molecule has 1 saturated carbocycles. The topological polar surface area (TPSA) is 122 Å². The zero-order valence-electron chi connectivity index (χ0n) is 18.3. The Morgan fingerprint density at radius 2 is 1.81 bits per heavy atom. The van der Waals surface area contributed by atoms with Crippen molar-refractivity contribution >= 4 is 29.6 Å². The van der Waals surface area contributed by atoms with Crippen LogP contribution < -0.4 is 10.6 Å². The van der Waals surface area contributed by atoms with E-state index in [2.05, 4.69) is 10.6 Å². The van der Waals surface area contributed by atoms with E-state index in [-0.39, 0.29) is 30.6 Å². The molecular formula is C23H29N3O6. The molecule has 2 aliphatic rings. The van der Waals surface area contributed by atoms with Crippen molar-refractivity contribution in [3.63, 3.8) is 0 Å². The van der Waals surface area contributed by atoms with Gasteiger partial charge in [0.2, 0.25) is 5.91 Å². The van der Waals surface area contributed by atoms with Gasteiger partial charge in [0, 0.05) is 25.6 Å². The van der Waals surface area contributed by atoms with Crippen molar-refractivity contribution in [1.29, 1.82) is 0 Å². The normalized spacial score (nSPS) is 16.8. The lowest BCUT2D eigenvalue weighted by atomic mass is 9.98. The third-order valence-electron chi connectivity index (χ3n) is 5.90. The average Bonchev–Trinajstić information content (AvgIpc) is 3.33. The van der Waals surface area contributed by atoms with Crippen molar-refractivity contribution in [2.45, 2.75) is 57.4 Å². The number of urea groups is 1. The Morgan fingerprint density at radius 3 is 2.47 bits per heavy atom. The van der Waals surface area contributed by atoms with Crippen molar-refractivity contribution < 1.29 is 28.7 Å². The minimum atomic E-state index is -0.799.